The first kappa shape index (κ1) is 17.5. The zero-order valence-electron chi connectivity index (χ0n) is 11.8. The van der Waals surface area contributed by atoms with Crippen LogP contribution in [0.25, 0.3) is 0 Å². The molecule has 1 amide bonds. The van der Waals surface area contributed by atoms with Crippen LogP contribution in [-0.2, 0) is 10.5 Å². The molecule has 0 saturated carbocycles. The maximum Gasteiger partial charge on any atom is 0.234 e. The Morgan fingerprint density at radius 2 is 1.91 bits per heavy atom. The molecule has 0 aliphatic carbocycles. The van der Waals surface area contributed by atoms with Gasteiger partial charge in [-0.05, 0) is 42.3 Å². The summed E-state index contributed by atoms with van der Waals surface area (Å²) in [5.41, 5.74) is 2.56. The monoisotopic (exact) mass is 373 g/mol. The average molecular weight is 375 g/mol. The third-order valence-electron chi connectivity index (χ3n) is 3.05. The third kappa shape index (κ3) is 4.82. The highest BCUT2D eigenvalue weighted by molar-refractivity contribution is 7.99. The van der Waals surface area contributed by atoms with E-state index < -0.39 is 0 Å². The van der Waals surface area contributed by atoms with Crippen LogP contribution in [0.2, 0.25) is 15.1 Å². The molecule has 0 unspecified atom stereocenters. The van der Waals surface area contributed by atoms with E-state index in [1.807, 2.05) is 25.1 Å². The molecule has 0 saturated heterocycles. The second-order valence-electron chi connectivity index (χ2n) is 4.69. The molecule has 0 aliphatic rings. The number of amides is 1. The number of benzene rings is 2. The fourth-order valence-electron chi connectivity index (χ4n) is 1.82. The number of hydrogen-bond acceptors (Lipinski definition) is 2. The van der Waals surface area contributed by atoms with Gasteiger partial charge in [0.2, 0.25) is 5.91 Å². The molecular formula is C16H14Cl3NOS. The van der Waals surface area contributed by atoms with Crippen molar-refractivity contribution >= 4 is 58.2 Å². The summed E-state index contributed by atoms with van der Waals surface area (Å²) < 4.78 is 0. The summed E-state index contributed by atoms with van der Waals surface area (Å²) in [5, 5.41) is 4.72. The van der Waals surface area contributed by atoms with Gasteiger partial charge in [0, 0.05) is 26.5 Å². The van der Waals surface area contributed by atoms with Crippen molar-refractivity contribution in [2.24, 2.45) is 0 Å². The van der Waals surface area contributed by atoms with Gasteiger partial charge < -0.3 is 5.32 Å². The molecule has 22 heavy (non-hydrogen) atoms. The molecule has 0 aromatic heterocycles. The summed E-state index contributed by atoms with van der Waals surface area (Å²) in [6.45, 7) is 1.87. The Morgan fingerprint density at radius 1 is 1.14 bits per heavy atom. The molecule has 0 heterocycles. The number of thioether (sulfide) groups is 1. The summed E-state index contributed by atoms with van der Waals surface area (Å²) in [6, 6.07) is 10.8. The molecule has 0 spiro atoms. The van der Waals surface area contributed by atoms with Gasteiger partial charge in [0.1, 0.15) is 0 Å². The van der Waals surface area contributed by atoms with Crippen molar-refractivity contribution in [1.82, 2.24) is 0 Å². The van der Waals surface area contributed by atoms with Crippen molar-refractivity contribution < 1.29 is 4.79 Å². The van der Waals surface area contributed by atoms with E-state index in [4.69, 9.17) is 34.8 Å². The largest absolute Gasteiger partial charge is 0.325 e. The molecule has 0 fully saturated rings. The van der Waals surface area contributed by atoms with Gasteiger partial charge in [0.25, 0.3) is 0 Å². The topological polar surface area (TPSA) is 29.1 Å². The molecule has 0 radical (unpaired) electrons. The van der Waals surface area contributed by atoms with Gasteiger partial charge in [-0.1, -0.05) is 46.9 Å². The van der Waals surface area contributed by atoms with Gasteiger partial charge in [0.05, 0.1) is 5.75 Å². The fraction of sp³-hybridized carbons (Fsp3) is 0.188. The number of carbonyl (C=O) groups is 1. The first-order chi connectivity index (χ1) is 10.5. The molecule has 6 heteroatoms. The van der Waals surface area contributed by atoms with Crippen LogP contribution in [0.3, 0.4) is 0 Å². The Balaban J connectivity index is 1.87. The van der Waals surface area contributed by atoms with Gasteiger partial charge >= 0.3 is 0 Å². The normalized spacial score (nSPS) is 10.5. The summed E-state index contributed by atoms with van der Waals surface area (Å²) >= 11 is 19.5. The first-order valence-electron chi connectivity index (χ1n) is 6.54. The minimum absolute atomic E-state index is 0.0690. The molecule has 0 aliphatic heterocycles. The van der Waals surface area contributed by atoms with E-state index in [0.29, 0.717) is 26.6 Å². The van der Waals surface area contributed by atoms with Gasteiger partial charge in [-0.3, -0.25) is 4.79 Å². The quantitative estimate of drug-likeness (QED) is 0.713. The van der Waals surface area contributed by atoms with Gasteiger partial charge in [-0.15, -0.1) is 11.8 Å². The van der Waals surface area contributed by atoms with E-state index in [9.17, 15) is 4.79 Å². The van der Waals surface area contributed by atoms with Crippen LogP contribution < -0.4 is 5.32 Å². The summed E-state index contributed by atoms with van der Waals surface area (Å²) in [7, 11) is 0. The van der Waals surface area contributed by atoms with Crippen molar-refractivity contribution in [2.45, 2.75) is 12.7 Å². The predicted octanol–water partition coefficient (Wildman–Crippen LogP) is 5.83. The zero-order chi connectivity index (χ0) is 16.1. The van der Waals surface area contributed by atoms with Crippen LogP contribution in [-0.4, -0.2) is 11.7 Å². The fourth-order valence-corrected chi connectivity index (χ4v) is 3.38. The van der Waals surface area contributed by atoms with Gasteiger partial charge in [0.15, 0.2) is 0 Å². The van der Waals surface area contributed by atoms with Gasteiger partial charge in [-0.2, -0.15) is 0 Å². The lowest BCUT2D eigenvalue weighted by atomic mass is 10.2. The van der Waals surface area contributed by atoms with Crippen molar-refractivity contribution in [3.05, 3.63) is 62.6 Å². The van der Waals surface area contributed by atoms with Crippen LogP contribution in [0.5, 0.6) is 0 Å². The number of nitrogens with one attached hydrogen (secondary N) is 1. The maximum atomic E-state index is 12.0. The van der Waals surface area contributed by atoms with E-state index in [-0.39, 0.29) is 5.91 Å². The average Bonchev–Trinajstić information content (AvgIpc) is 2.46. The van der Waals surface area contributed by atoms with Crippen molar-refractivity contribution in [2.75, 3.05) is 11.1 Å². The lowest BCUT2D eigenvalue weighted by molar-refractivity contribution is -0.113. The molecule has 116 valence electrons. The van der Waals surface area contributed by atoms with E-state index in [0.717, 1.165) is 16.8 Å². The molecule has 2 aromatic rings. The third-order valence-corrected chi connectivity index (χ3v) is 5.03. The van der Waals surface area contributed by atoms with Crippen LogP contribution in [0.15, 0.2) is 36.4 Å². The number of carbonyl (C=O) groups excluding carboxylic acids is 1. The maximum absolute atomic E-state index is 12.0. The minimum atomic E-state index is -0.0690. The van der Waals surface area contributed by atoms with Gasteiger partial charge in [-0.25, -0.2) is 0 Å². The molecule has 2 rings (SSSR count). The van der Waals surface area contributed by atoms with Crippen LogP contribution in [0.4, 0.5) is 5.69 Å². The Bertz CT molecular complexity index is 691. The lowest BCUT2D eigenvalue weighted by Gasteiger charge is -2.09. The van der Waals surface area contributed by atoms with Crippen LogP contribution in [0.1, 0.15) is 11.1 Å². The number of halogens is 3. The number of hydrogen-bond donors (Lipinski definition) is 1. The highest BCUT2D eigenvalue weighted by Gasteiger charge is 2.08. The Labute approximate surface area is 149 Å². The van der Waals surface area contributed by atoms with Crippen LogP contribution >= 0.6 is 46.6 Å². The molecule has 2 aromatic carbocycles. The number of anilines is 1. The molecule has 1 N–H and O–H groups in total. The SMILES string of the molecule is Cc1c(Cl)cccc1NC(=O)CSCc1ccc(Cl)cc1Cl. The second-order valence-corrected chi connectivity index (χ2v) is 6.93. The summed E-state index contributed by atoms with van der Waals surface area (Å²) in [6.07, 6.45) is 0. The van der Waals surface area contributed by atoms with Crippen molar-refractivity contribution in [1.29, 1.82) is 0 Å². The summed E-state index contributed by atoms with van der Waals surface area (Å²) in [5.74, 6) is 0.920. The van der Waals surface area contributed by atoms with Crippen molar-refractivity contribution in [3.8, 4) is 0 Å². The van der Waals surface area contributed by atoms with E-state index in [2.05, 4.69) is 5.32 Å². The Kier molecular flexibility index (Phi) is 6.45. The van der Waals surface area contributed by atoms with E-state index in [1.165, 1.54) is 11.8 Å². The van der Waals surface area contributed by atoms with Crippen molar-refractivity contribution in [3.63, 3.8) is 0 Å². The van der Waals surface area contributed by atoms with E-state index >= 15 is 0 Å². The molecule has 0 bridgehead atoms. The Morgan fingerprint density at radius 3 is 2.64 bits per heavy atom. The smallest absolute Gasteiger partial charge is 0.234 e. The number of rotatable bonds is 5. The Hall–Kier alpha value is -0.870. The predicted molar refractivity (Wildman–Crippen MR) is 97.4 cm³/mol. The molecule has 0 atom stereocenters. The highest BCUT2D eigenvalue weighted by atomic mass is 35.5. The van der Waals surface area contributed by atoms with Crippen LogP contribution in [0, 0.1) is 6.92 Å². The molecule has 2 nitrogen and oxygen atoms in total. The minimum Gasteiger partial charge on any atom is -0.325 e. The second kappa shape index (κ2) is 8.11. The highest BCUT2D eigenvalue weighted by Crippen LogP contribution is 2.25. The standard InChI is InChI=1S/C16H14Cl3NOS/c1-10-13(18)3-2-4-15(10)20-16(21)9-22-8-11-5-6-12(17)7-14(11)19/h2-7H,8-9H2,1H3,(H,20,21). The molecular weight excluding hydrogens is 361 g/mol. The zero-order valence-corrected chi connectivity index (χ0v) is 14.9. The summed E-state index contributed by atoms with van der Waals surface area (Å²) in [4.78, 5) is 12.0. The lowest BCUT2D eigenvalue weighted by Crippen LogP contribution is -2.15. The van der Waals surface area contributed by atoms with E-state index in [1.54, 1.807) is 18.2 Å². The first-order valence-corrected chi connectivity index (χ1v) is 8.83.